The molecule has 0 unspecified atom stereocenters. The molecule has 0 radical (unpaired) electrons. The lowest BCUT2D eigenvalue weighted by atomic mass is 10.1. The van der Waals surface area contributed by atoms with Gasteiger partial charge in [0.25, 0.3) is 5.91 Å². The molecule has 2 heterocycles. The highest BCUT2D eigenvalue weighted by atomic mass is 16.5. The topological polar surface area (TPSA) is 97.8 Å². The van der Waals surface area contributed by atoms with Crippen molar-refractivity contribution in [3.63, 3.8) is 0 Å². The zero-order valence-electron chi connectivity index (χ0n) is 21.2. The Balaban J connectivity index is 1.78. The number of rotatable bonds is 12. The fraction of sp³-hybridized carbons (Fsp3) is 0.400. The van der Waals surface area contributed by atoms with Crippen LogP contribution in [0.2, 0.25) is 0 Å². The third-order valence-corrected chi connectivity index (χ3v) is 4.98. The van der Waals surface area contributed by atoms with Crippen LogP contribution in [0.1, 0.15) is 58.2 Å². The van der Waals surface area contributed by atoms with Gasteiger partial charge in [0.1, 0.15) is 5.76 Å². The Morgan fingerprint density at radius 3 is 2.61 bits per heavy atom. The Morgan fingerprint density at radius 1 is 1.21 bits per heavy atom. The lowest BCUT2D eigenvalue weighted by Crippen LogP contribution is -2.36. The molecule has 8 nitrogen and oxygen atoms in total. The Kier molecular flexibility index (Phi) is 7.33. The number of unbranched alkanes of at least 4 members (excludes halogenated alkanes) is 2. The fourth-order valence-electron chi connectivity index (χ4n) is 3.28. The van der Waals surface area contributed by atoms with Crippen LogP contribution in [0.3, 0.4) is 0 Å². The molecule has 1 amide bonds. The van der Waals surface area contributed by atoms with Crippen LogP contribution in [0.5, 0.6) is 5.88 Å². The van der Waals surface area contributed by atoms with Crippen molar-refractivity contribution in [1.82, 2.24) is 14.7 Å². The van der Waals surface area contributed by atoms with Gasteiger partial charge in [0.05, 0.1) is 27.7 Å². The summed E-state index contributed by atoms with van der Waals surface area (Å²) in [7, 11) is 1.66. The van der Waals surface area contributed by atoms with Gasteiger partial charge in [0, 0.05) is 36.8 Å². The van der Waals surface area contributed by atoms with E-state index in [1.165, 1.54) is 15.8 Å². The van der Waals surface area contributed by atoms with Crippen molar-refractivity contribution in [3.05, 3.63) is 60.0 Å². The summed E-state index contributed by atoms with van der Waals surface area (Å²) >= 11 is 0. The quantitative estimate of drug-likeness (QED) is 0.396. The SMILES string of the molecule is [2H]C([2H])(c1cn(C)nc1OCCCCCC(=O)O)N(C(=O)c1ccc(-c2ccco2)cc1)C(C)C. The Hall–Kier alpha value is -3.55. The minimum Gasteiger partial charge on any atom is -0.481 e. The number of carboxylic acids is 1. The molecule has 0 aliphatic rings. The molecule has 0 atom stereocenters. The summed E-state index contributed by atoms with van der Waals surface area (Å²) in [5.41, 5.74) is 1.32. The third-order valence-electron chi connectivity index (χ3n) is 4.98. The van der Waals surface area contributed by atoms with E-state index < -0.39 is 24.4 Å². The molecule has 1 N–H and O–H groups in total. The largest absolute Gasteiger partial charge is 0.481 e. The summed E-state index contributed by atoms with van der Waals surface area (Å²) < 4.78 is 30.4. The number of benzene rings is 1. The number of carbonyl (C=O) groups is 2. The molecule has 0 aliphatic carbocycles. The van der Waals surface area contributed by atoms with E-state index in [0.717, 1.165) is 5.56 Å². The van der Waals surface area contributed by atoms with Gasteiger partial charge in [0.2, 0.25) is 5.88 Å². The molecule has 176 valence electrons. The molecule has 1 aromatic carbocycles. The second-order valence-electron chi connectivity index (χ2n) is 8.01. The molecule has 0 bridgehead atoms. The van der Waals surface area contributed by atoms with Gasteiger partial charge in [-0.3, -0.25) is 14.3 Å². The van der Waals surface area contributed by atoms with Crippen LogP contribution in [0, 0.1) is 0 Å². The first kappa shape index (κ1) is 21.3. The van der Waals surface area contributed by atoms with Crippen molar-refractivity contribution in [1.29, 1.82) is 0 Å². The van der Waals surface area contributed by atoms with Gasteiger partial charge >= 0.3 is 5.97 Å². The van der Waals surface area contributed by atoms with Crippen LogP contribution in [-0.2, 0) is 18.3 Å². The van der Waals surface area contributed by atoms with E-state index in [-0.39, 0.29) is 24.5 Å². The van der Waals surface area contributed by atoms with Crippen LogP contribution < -0.4 is 4.74 Å². The van der Waals surface area contributed by atoms with Gasteiger partial charge in [-0.2, -0.15) is 0 Å². The molecular formula is C25H31N3O5. The van der Waals surface area contributed by atoms with Crippen molar-refractivity contribution >= 4 is 11.9 Å². The first-order chi connectivity index (χ1) is 16.6. The van der Waals surface area contributed by atoms with Crippen molar-refractivity contribution in [2.24, 2.45) is 7.05 Å². The van der Waals surface area contributed by atoms with Crippen molar-refractivity contribution < 1.29 is 26.6 Å². The van der Waals surface area contributed by atoms with Crippen LogP contribution in [0.25, 0.3) is 11.3 Å². The predicted octanol–water partition coefficient (Wildman–Crippen LogP) is 4.75. The highest BCUT2D eigenvalue weighted by Crippen LogP contribution is 2.23. The van der Waals surface area contributed by atoms with Gasteiger partial charge < -0.3 is 19.2 Å². The summed E-state index contributed by atoms with van der Waals surface area (Å²) in [4.78, 5) is 25.3. The fourth-order valence-corrected chi connectivity index (χ4v) is 3.28. The Morgan fingerprint density at radius 2 is 1.97 bits per heavy atom. The van der Waals surface area contributed by atoms with Crippen molar-refractivity contribution in [2.75, 3.05) is 6.61 Å². The number of hydrogen-bond donors (Lipinski definition) is 1. The number of ether oxygens (including phenoxy) is 1. The number of hydrogen-bond acceptors (Lipinski definition) is 5. The van der Waals surface area contributed by atoms with Crippen molar-refractivity contribution in [2.45, 2.75) is 52.1 Å². The average Bonchev–Trinajstić information content (AvgIpc) is 3.46. The summed E-state index contributed by atoms with van der Waals surface area (Å²) in [6.07, 6.45) is 5.02. The van der Waals surface area contributed by atoms with Gasteiger partial charge in [-0.15, -0.1) is 5.10 Å². The first-order valence-corrected chi connectivity index (χ1v) is 11.0. The lowest BCUT2D eigenvalue weighted by molar-refractivity contribution is -0.137. The number of aromatic nitrogens is 2. The Labute approximate surface area is 196 Å². The summed E-state index contributed by atoms with van der Waals surface area (Å²) in [5.74, 6) is -0.498. The number of aliphatic carboxylic acids is 1. The predicted molar refractivity (Wildman–Crippen MR) is 124 cm³/mol. The highest BCUT2D eigenvalue weighted by molar-refractivity contribution is 5.94. The zero-order chi connectivity index (χ0) is 25.6. The second-order valence-corrected chi connectivity index (χ2v) is 8.01. The number of carboxylic acid groups (broad SMARTS) is 1. The zero-order valence-corrected chi connectivity index (χ0v) is 19.2. The molecule has 0 fully saturated rings. The summed E-state index contributed by atoms with van der Waals surface area (Å²) in [6, 6.07) is 10.0. The van der Waals surface area contributed by atoms with E-state index in [1.807, 2.05) is 6.07 Å². The minimum absolute atomic E-state index is 0.103. The maximum absolute atomic E-state index is 13.5. The van der Waals surface area contributed by atoms with E-state index in [0.29, 0.717) is 30.6 Å². The monoisotopic (exact) mass is 455 g/mol. The second kappa shape index (κ2) is 11.4. The number of furan rings is 1. The van der Waals surface area contributed by atoms with Gasteiger partial charge in [0.15, 0.2) is 0 Å². The highest BCUT2D eigenvalue weighted by Gasteiger charge is 2.22. The van der Waals surface area contributed by atoms with Gasteiger partial charge in [-0.1, -0.05) is 12.1 Å². The van der Waals surface area contributed by atoms with Crippen molar-refractivity contribution in [3.8, 4) is 17.2 Å². The molecule has 2 aromatic heterocycles. The van der Waals surface area contributed by atoms with E-state index in [9.17, 15) is 9.59 Å². The molecule has 0 saturated carbocycles. The van der Waals surface area contributed by atoms with Crippen LogP contribution in [0.15, 0.2) is 53.3 Å². The van der Waals surface area contributed by atoms with Gasteiger partial charge in [-0.25, -0.2) is 0 Å². The Bertz CT molecular complexity index is 1120. The molecule has 0 saturated heterocycles. The minimum atomic E-state index is -2.20. The van der Waals surface area contributed by atoms with E-state index >= 15 is 0 Å². The standard InChI is InChI=1S/C25H31N3O5/c1-18(2)28(25(31)20-12-10-19(11-13-20)22-8-7-15-32-22)17-21-16-27(3)26-24(21)33-14-6-4-5-9-23(29)30/h7-8,10-13,15-16,18H,4-6,9,14,17H2,1-3H3,(H,29,30)/i17D2. The number of carbonyl (C=O) groups excluding carboxylic acids is 1. The number of amides is 1. The van der Waals surface area contributed by atoms with E-state index in [2.05, 4.69) is 5.10 Å². The summed E-state index contributed by atoms with van der Waals surface area (Å²) in [5, 5.41) is 13.0. The smallest absolute Gasteiger partial charge is 0.303 e. The van der Waals surface area contributed by atoms with E-state index in [1.54, 1.807) is 57.5 Å². The van der Waals surface area contributed by atoms with E-state index in [4.69, 9.17) is 17.0 Å². The first-order valence-electron chi connectivity index (χ1n) is 12.0. The molecule has 3 rings (SSSR count). The molecule has 3 aromatic rings. The molecule has 0 aliphatic heterocycles. The average molecular weight is 456 g/mol. The number of aryl methyl sites for hydroxylation is 1. The molecule has 8 heteroatoms. The van der Waals surface area contributed by atoms with Gasteiger partial charge in [-0.05, 0) is 57.4 Å². The third kappa shape index (κ3) is 6.71. The molecule has 0 spiro atoms. The maximum Gasteiger partial charge on any atom is 0.303 e. The van der Waals surface area contributed by atoms with Crippen LogP contribution >= 0.6 is 0 Å². The normalized spacial score (nSPS) is 12.4. The van der Waals surface area contributed by atoms with Crippen LogP contribution in [-0.4, -0.2) is 44.3 Å². The maximum atomic E-state index is 13.5. The number of nitrogens with zero attached hydrogens (tertiary/aromatic N) is 3. The lowest BCUT2D eigenvalue weighted by Gasteiger charge is -2.27. The summed E-state index contributed by atoms with van der Waals surface area (Å²) in [6.45, 7) is 1.58. The molecular weight excluding hydrogens is 422 g/mol. The molecule has 33 heavy (non-hydrogen) atoms. The van der Waals surface area contributed by atoms with Crippen LogP contribution in [0.4, 0.5) is 0 Å².